The number of aryl methyl sites for hydroxylation is 1. The summed E-state index contributed by atoms with van der Waals surface area (Å²) in [5.74, 6) is 1.73. The second-order valence-corrected chi connectivity index (χ2v) is 5.98. The first-order valence-electron chi connectivity index (χ1n) is 7.50. The fourth-order valence-corrected chi connectivity index (χ4v) is 3.44. The Bertz CT molecular complexity index is 493. The second kappa shape index (κ2) is 6.75. The monoisotopic (exact) mass is 314 g/mol. The van der Waals surface area contributed by atoms with Crippen LogP contribution in [0.25, 0.3) is 0 Å². The quantitative estimate of drug-likeness (QED) is 0.922. The van der Waals surface area contributed by atoms with Gasteiger partial charge in [0.2, 0.25) is 11.8 Å². The SMILES string of the molecule is Cc1nc(C2CCCN2C(=O)C[C@@H]2CCC[C@H]2N)no1.Cl. The van der Waals surface area contributed by atoms with E-state index in [4.69, 9.17) is 10.3 Å². The highest BCUT2D eigenvalue weighted by Gasteiger charge is 2.35. The van der Waals surface area contributed by atoms with Gasteiger partial charge in [0.15, 0.2) is 5.82 Å². The highest BCUT2D eigenvalue weighted by atomic mass is 35.5. The molecule has 3 atom stereocenters. The first-order valence-corrected chi connectivity index (χ1v) is 7.50. The van der Waals surface area contributed by atoms with Gasteiger partial charge in [0.25, 0.3) is 0 Å². The van der Waals surface area contributed by atoms with Gasteiger partial charge in [-0.2, -0.15) is 4.98 Å². The minimum atomic E-state index is -0.0161. The number of carbonyl (C=O) groups excluding carboxylic acids is 1. The largest absolute Gasteiger partial charge is 0.340 e. The van der Waals surface area contributed by atoms with Crippen LogP contribution in [0.5, 0.6) is 0 Å². The molecule has 1 aromatic heterocycles. The van der Waals surface area contributed by atoms with Gasteiger partial charge in [0, 0.05) is 25.9 Å². The van der Waals surface area contributed by atoms with Crippen LogP contribution in [0.15, 0.2) is 4.52 Å². The maximum atomic E-state index is 12.5. The Labute approximate surface area is 130 Å². The van der Waals surface area contributed by atoms with E-state index in [0.717, 1.165) is 38.6 Å². The Morgan fingerprint density at radius 3 is 2.81 bits per heavy atom. The Balaban J connectivity index is 0.00000161. The summed E-state index contributed by atoms with van der Waals surface area (Å²) >= 11 is 0. The highest BCUT2D eigenvalue weighted by Crippen LogP contribution is 2.33. The van der Waals surface area contributed by atoms with Gasteiger partial charge in [-0.25, -0.2) is 0 Å². The van der Waals surface area contributed by atoms with Crippen LogP contribution in [-0.2, 0) is 4.79 Å². The van der Waals surface area contributed by atoms with Gasteiger partial charge >= 0.3 is 0 Å². The van der Waals surface area contributed by atoms with Crippen molar-refractivity contribution in [2.45, 2.75) is 57.5 Å². The number of hydrogen-bond acceptors (Lipinski definition) is 5. The molecule has 1 aliphatic heterocycles. The highest BCUT2D eigenvalue weighted by molar-refractivity contribution is 5.85. The summed E-state index contributed by atoms with van der Waals surface area (Å²) in [6.45, 7) is 2.56. The fraction of sp³-hybridized carbons (Fsp3) is 0.786. The van der Waals surface area contributed by atoms with Crippen molar-refractivity contribution in [2.75, 3.05) is 6.54 Å². The number of nitrogens with zero attached hydrogens (tertiary/aromatic N) is 3. The molecule has 0 radical (unpaired) electrons. The summed E-state index contributed by atoms with van der Waals surface area (Å²) in [5.41, 5.74) is 6.06. The third kappa shape index (κ3) is 3.37. The summed E-state index contributed by atoms with van der Waals surface area (Å²) in [7, 11) is 0. The minimum absolute atomic E-state index is 0. The summed E-state index contributed by atoms with van der Waals surface area (Å²) in [6, 6.07) is 0.171. The molecular weight excluding hydrogens is 292 g/mol. The maximum absolute atomic E-state index is 12.5. The molecule has 1 unspecified atom stereocenters. The molecule has 0 aromatic carbocycles. The summed E-state index contributed by atoms with van der Waals surface area (Å²) < 4.78 is 5.04. The lowest BCUT2D eigenvalue weighted by Crippen LogP contribution is -2.35. The zero-order valence-corrected chi connectivity index (χ0v) is 13.1. The average Bonchev–Trinajstić information content (AvgIpc) is 3.11. The van der Waals surface area contributed by atoms with Crippen molar-refractivity contribution in [1.82, 2.24) is 15.0 Å². The molecule has 1 amide bonds. The first-order chi connectivity index (χ1) is 9.65. The zero-order chi connectivity index (χ0) is 14.1. The number of rotatable bonds is 3. The van der Waals surface area contributed by atoms with E-state index in [1.54, 1.807) is 6.92 Å². The van der Waals surface area contributed by atoms with Gasteiger partial charge in [0.1, 0.15) is 0 Å². The van der Waals surface area contributed by atoms with E-state index in [1.165, 1.54) is 0 Å². The molecule has 7 heteroatoms. The van der Waals surface area contributed by atoms with E-state index in [9.17, 15) is 4.79 Å². The van der Waals surface area contributed by atoms with Gasteiger partial charge in [-0.3, -0.25) is 4.79 Å². The number of amides is 1. The van der Waals surface area contributed by atoms with Gasteiger partial charge < -0.3 is 15.2 Å². The molecule has 0 spiro atoms. The van der Waals surface area contributed by atoms with Crippen molar-refractivity contribution in [3.05, 3.63) is 11.7 Å². The van der Waals surface area contributed by atoms with Crippen LogP contribution < -0.4 is 5.73 Å². The third-order valence-electron chi connectivity index (χ3n) is 4.57. The normalized spacial score (nSPS) is 28.7. The fourth-order valence-electron chi connectivity index (χ4n) is 3.44. The number of halogens is 1. The number of nitrogens with two attached hydrogens (primary N) is 1. The van der Waals surface area contributed by atoms with Crippen LogP contribution in [0.3, 0.4) is 0 Å². The molecule has 0 bridgehead atoms. The van der Waals surface area contributed by atoms with Gasteiger partial charge in [-0.15, -0.1) is 12.4 Å². The Morgan fingerprint density at radius 2 is 2.19 bits per heavy atom. The lowest BCUT2D eigenvalue weighted by molar-refractivity contribution is -0.133. The molecule has 1 saturated heterocycles. The Hall–Kier alpha value is -1.14. The standard InChI is InChI=1S/C14H22N4O2.ClH/c1-9-16-14(17-20-9)12-6-3-7-18(12)13(19)8-10-4-2-5-11(10)15;/h10-12H,2-8,15H2,1H3;1H/t10-,11+,12?;/m0./s1. The molecule has 2 fully saturated rings. The van der Waals surface area contributed by atoms with Crippen LogP contribution in [0.4, 0.5) is 0 Å². The topological polar surface area (TPSA) is 85.2 Å². The second-order valence-electron chi connectivity index (χ2n) is 5.98. The van der Waals surface area contributed by atoms with Crippen LogP contribution in [0, 0.1) is 12.8 Å². The minimum Gasteiger partial charge on any atom is -0.340 e. The number of hydrogen-bond donors (Lipinski definition) is 1. The Morgan fingerprint density at radius 1 is 1.38 bits per heavy atom. The molecule has 3 rings (SSSR count). The van der Waals surface area contributed by atoms with Crippen LogP contribution in [0.1, 0.15) is 56.3 Å². The summed E-state index contributed by atoms with van der Waals surface area (Å²) in [5, 5.41) is 3.97. The molecule has 1 saturated carbocycles. The van der Waals surface area contributed by atoms with Crippen molar-refractivity contribution in [3.63, 3.8) is 0 Å². The Kier molecular flexibility index (Phi) is 5.22. The van der Waals surface area contributed by atoms with E-state index < -0.39 is 0 Å². The van der Waals surface area contributed by atoms with Crippen LogP contribution in [-0.4, -0.2) is 33.5 Å². The number of aromatic nitrogens is 2. The van der Waals surface area contributed by atoms with E-state index >= 15 is 0 Å². The van der Waals surface area contributed by atoms with E-state index in [-0.39, 0.29) is 30.4 Å². The molecule has 2 aliphatic rings. The molecule has 6 nitrogen and oxygen atoms in total. The van der Waals surface area contributed by atoms with Gasteiger partial charge in [-0.05, 0) is 31.6 Å². The van der Waals surface area contributed by atoms with Gasteiger partial charge in [-0.1, -0.05) is 11.6 Å². The maximum Gasteiger partial charge on any atom is 0.223 e. The van der Waals surface area contributed by atoms with Crippen molar-refractivity contribution in [2.24, 2.45) is 11.7 Å². The van der Waals surface area contributed by atoms with Crippen molar-refractivity contribution in [3.8, 4) is 0 Å². The van der Waals surface area contributed by atoms with Crippen LogP contribution in [0.2, 0.25) is 0 Å². The summed E-state index contributed by atoms with van der Waals surface area (Å²) in [4.78, 5) is 18.7. The lowest BCUT2D eigenvalue weighted by Gasteiger charge is -2.24. The van der Waals surface area contributed by atoms with Gasteiger partial charge in [0.05, 0.1) is 6.04 Å². The van der Waals surface area contributed by atoms with Crippen molar-refractivity contribution in [1.29, 1.82) is 0 Å². The lowest BCUT2D eigenvalue weighted by atomic mass is 9.99. The molecule has 1 aliphatic carbocycles. The smallest absolute Gasteiger partial charge is 0.223 e. The third-order valence-corrected chi connectivity index (χ3v) is 4.57. The number of likely N-dealkylation sites (tertiary alicyclic amines) is 1. The molecule has 118 valence electrons. The van der Waals surface area contributed by atoms with Crippen LogP contribution >= 0.6 is 12.4 Å². The van der Waals surface area contributed by atoms with Crippen molar-refractivity contribution < 1.29 is 9.32 Å². The van der Waals surface area contributed by atoms with E-state index in [0.29, 0.717) is 24.1 Å². The average molecular weight is 315 g/mol. The molecule has 2 heterocycles. The van der Waals surface area contributed by atoms with Crippen molar-refractivity contribution >= 4 is 18.3 Å². The molecular formula is C14H23ClN4O2. The predicted octanol–water partition coefficient (Wildman–Crippen LogP) is 1.98. The molecule has 2 N–H and O–H groups in total. The number of carbonyl (C=O) groups is 1. The zero-order valence-electron chi connectivity index (χ0n) is 12.3. The molecule has 21 heavy (non-hydrogen) atoms. The molecule has 1 aromatic rings. The predicted molar refractivity (Wildman–Crippen MR) is 79.9 cm³/mol. The summed E-state index contributed by atoms with van der Waals surface area (Å²) in [6.07, 6.45) is 5.75. The first kappa shape index (κ1) is 16.2. The van der Waals surface area contributed by atoms with E-state index in [1.807, 2.05) is 4.90 Å². The van der Waals surface area contributed by atoms with E-state index in [2.05, 4.69) is 10.1 Å².